The molecule has 0 unspecified atom stereocenters. The fraction of sp³-hybridized carbons (Fsp3) is 0.421. The highest BCUT2D eigenvalue weighted by molar-refractivity contribution is 5.79. The van der Waals surface area contributed by atoms with Crippen molar-refractivity contribution < 1.29 is 0 Å². The normalized spacial score (nSPS) is 15.8. The molecule has 1 aliphatic rings. The molecular formula is C19H23N5. The average molecular weight is 321 g/mol. The van der Waals surface area contributed by atoms with Crippen LogP contribution in [0.25, 0.3) is 16.6 Å². The molecule has 24 heavy (non-hydrogen) atoms. The Hall–Kier alpha value is -2.27. The predicted octanol–water partition coefficient (Wildman–Crippen LogP) is 3.49. The van der Waals surface area contributed by atoms with Gasteiger partial charge in [-0.2, -0.15) is 0 Å². The number of pyridine rings is 1. The lowest BCUT2D eigenvalue weighted by atomic mass is 9.89. The maximum atomic E-state index is 4.49. The van der Waals surface area contributed by atoms with Gasteiger partial charge in [-0.3, -0.25) is 4.98 Å². The molecule has 124 valence electrons. The zero-order valence-electron chi connectivity index (χ0n) is 13.9. The van der Waals surface area contributed by atoms with Gasteiger partial charge in [-0.1, -0.05) is 42.7 Å². The number of para-hydroxylation sites is 1. The molecule has 0 aliphatic heterocycles. The van der Waals surface area contributed by atoms with Gasteiger partial charge >= 0.3 is 0 Å². The zero-order chi connectivity index (χ0) is 16.2. The van der Waals surface area contributed by atoms with Crippen molar-refractivity contribution in [3.05, 3.63) is 48.4 Å². The van der Waals surface area contributed by atoms with Crippen LogP contribution in [0.4, 0.5) is 0 Å². The summed E-state index contributed by atoms with van der Waals surface area (Å²) in [6.45, 7) is 1.86. The first-order valence-electron chi connectivity index (χ1n) is 8.85. The lowest BCUT2D eigenvalue weighted by molar-refractivity contribution is 0.341. The van der Waals surface area contributed by atoms with Crippen LogP contribution < -0.4 is 5.32 Å². The van der Waals surface area contributed by atoms with Gasteiger partial charge in [0, 0.05) is 11.9 Å². The first-order valence-corrected chi connectivity index (χ1v) is 8.85. The second-order valence-electron chi connectivity index (χ2n) is 6.68. The monoisotopic (exact) mass is 321 g/mol. The summed E-state index contributed by atoms with van der Waals surface area (Å²) in [5, 5.41) is 13.2. The Balaban J connectivity index is 1.40. The average Bonchev–Trinajstić information content (AvgIpc) is 3.11. The Labute approximate surface area is 142 Å². The van der Waals surface area contributed by atoms with E-state index in [1.54, 1.807) is 4.68 Å². The molecule has 1 aromatic carbocycles. The molecule has 0 atom stereocenters. The van der Waals surface area contributed by atoms with Gasteiger partial charge < -0.3 is 5.32 Å². The largest absolute Gasteiger partial charge is 0.311 e. The highest BCUT2D eigenvalue weighted by atomic mass is 15.4. The van der Waals surface area contributed by atoms with E-state index in [4.69, 9.17) is 0 Å². The maximum absolute atomic E-state index is 4.49. The zero-order valence-corrected chi connectivity index (χ0v) is 13.9. The summed E-state index contributed by atoms with van der Waals surface area (Å²) in [5.41, 5.74) is 2.91. The number of benzene rings is 1. The number of hydrogen-bond donors (Lipinski definition) is 1. The molecule has 0 saturated heterocycles. The minimum Gasteiger partial charge on any atom is -0.311 e. The van der Waals surface area contributed by atoms with Gasteiger partial charge in [-0.15, -0.1) is 5.10 Å². The highest BCUT2D eigenvalue weighted by Gasteiger charge is 2.13. The Morgan fingerprint density at radius 2 is 2.00 bits per heavy atom. The van der Waals surface area contributed by atoms with Crippen molar-refractivity contribution in [1.29, 1.82) is 0 Å². The van der Waals surface area contributed by atoms with Crippen LogP contribution in [0.5, 0.6) is 0 Å². The van der Waals surface area contributed by atoms with Crippen LogP contribution in [-0.2, 0) is 6.54 Å². The molecule has 1 saturated carbocycles. The Kier molecular flexibility index (Phi) is 4.51. The first kappa shape index (κ1) is 15.3. The molecule has 1 aliphatic carbocycles. The number of aromatic nitrogens is 4. The predicted molar refractivity (Wildman–Crippen MR) is 94.9 cm³/mol. The van der Waals surface area contributed by atoms with E-state index in [1.807, 2.05) is 30.6 Å². The molecule has 3 aromatic rings. The molecule has 2 heterocycles. The molecule has 4 rings (SSSR count). The molecular weight excluding hydrogens is 298 g/mol. The van der Waals surface area contributed by atoms with Crippen molar-refractivity contribution in [2.75, 3.05) is 6.54 Å². The number of nitrogens with one attached hydrogen (secondary N) is 1. The lowest BCUT2D eigenvalue weighted by Gasteiger charge is -2.21. The topological polar surface area (TPSA) is 55.6 Å². The molecule has 2 aromatic heterocycles. The van der Waals surface area contributed by atoms with E-state index in [0.29, 0.717) is 0 Å². The van der Waals surface area contributed by atoms with E-state index >= 15 is 0 Å². The summed E-state index contributed by atoms with van der Waals surface area (Å²) in [6, 6.07) is 10.2. The maximum Gasteiger partial charge on any atom is 0.0969 e. The second kappa shape index (κ2) is 7.09. The molecule has 0 bridgehead atoms. The minimum atomic E-state index is 0.775. The van der Waals surface area contributed by atoms with E-state index in [1.165, 1.54) is 32.1 Å². The standard InChI is InChI=1S/C19H23N5/c1-2-6-15(7-3-1)11-20-12-17-14-24(23-22-17)18-10-16-8-4-5-9-19(16)21-13-18/h4-5,8-10,13-15,20H,1-3,6-7,11-12H2. The molecule has 1 fully saturated rings. The van der Waals surface area contributed by atoms with Crippen LogP contribution >= 0.6 is 0 Å². The summed E-state index contributed by atoms with van der Waals surface area (Å²) in [5.74, 6) is 0.832. The van der Waals surface area contributed by atoms with E-state index in [2.05, 4.69) is 32.7 Å². The number of hydrogen-bond acceptors (Lipinski definition) is 4. The molecule has 5 heteroatoms. The molecule has 0 radical (unpaired) electrons. The van der Waals surface area contributed by atoms with Crippen molar-refractivity contribution in [3.8, 4) is 5.69 Å². The quantitative estimate of drug-likeness (QED) is 0.781. The van der Waals surface area contributed by atoms with Crippen molar-refractivity contribution in [2.45, 2.75) is 38.6 Å². The molecule has 1 N–H and O–H groups in total. The van der Waals surface area contributed by atoms with Gasteiger partial charge in [0.05, 0.1) is 29.3 Å². The van der Waals surface area contributed by atoms with Gasteiger partial charge in [-0.25, -0.2) is 4.68 Å². The van der Waals surface area contributed by atoms with E-state index in [9.17, 15) is 0 Å². The fourth-order valence-electron chi connectivity index (χ4n) is 3.49. The smallest absolute Gasteiger partial charge is 0.0969 e. The van der Waals surface area contributed by atoms with Crippen LogP contribution in [0.2, 0.25) is 0 Å². The summed E-state index contributed by atoms with van der Waals surface area (Å²) < 4.78 is 1.80. The van der Waals surface area contributed by atoms with Crippen LogP contribution in [0.3, 0.4) is 0 Å². The third-order valence-corrected chi connectivity index (χ3v) is 4.85. The molecule has 5 nitrogen and oxygen atoms in total. The first-order chi connectivity index (χ1) is 11.9. The fourth-order valence-corrected chi connectivity index (χ4v) is 3.49. The van der Waals surface area contributed by atoms with Crippen molar-refractivity contribution >= 4 is 10.9 Å². The number of nitrogens with zero attached hydrogens (tertiary/aromatic N) is 4. The van der Waals surface area contributed by atoms with Crippen molar-refractivity contribution in [3.63, 3.8) is 0 Å². The van der Waals surface area contributed by atoms with Crippen LogP contribution in [0.15, 0.2) is 42.7 Å². The minimum absolute atomic E-state index is 0.775. The van der Waals surface area contributed by atoms with E-state index < -0.39 is 0 Å². The Morgan fingerprint density at radius 3 is 2.92 bits per heavy atom. The summed E-state index contributed by atoms with van der Waals surface area (Å²) in [7, 11) is 0. The number of rotatable bonds is 5. The summed E-state index contributed by atoms with van der Waals surface area (Å²) in [6.07, 6.45) is 10.7. The summed E-state index contributed by atoms with van der Waals surface area (Å²) in [4.78, 5) is 4.49. The van der Waals surface area contributed by atoms with Crippen molar-refractivity contribution in [1.82, 2.24) is 25.3 Å². The highest BCUT2D eigenvalue weighted by Crippen LogP contribution is 2.22. The lowest BCUT2D eigenvalue weighted by Crippen LogP contribution is -2.24. The third kappa shape index (κ3) is 3.46. The SMILES string of the molecule is c1ccc2ncc(-n3cc(CNCC4CCCCC4)nn3)cc2c1. The Bertz CT molecular complexity index is 804. The molecule has 0 amide bonds. The van der Waals surface area contributed by atoms with Crippen LogP contribution in [-0.4, -0.2) is 26.5 Å². The van der Waals surface area contributed by atoms with Gasteiger partial charge in [0.15, 0.2) is 0 Å². The molecule has 0 spiro atoms. The second-order valence-corrected chi connectivity index (χ2v) is 6.68. The van der Waals surface area contributed by atoms with E-state index in [-0.39, 0.29) is 0 Å². The third-order valence-electron chi connectivity index (χ3n) is 4.85. The van der Waals surface area contributed by atoms with Gasteiger partial charge in [0.1, 0.15) is 0 Å². The van der Waals surface area contributed by atoms with Gasteiger partial charge in [0.25, 0.3) is 0 Å². The van der Waals surface area contributed by atoms with Gasteiger partial charge in [0.2, 0.25) is 0 Å². The van der Waals surface area contributed by atoms with E-state index in [0.717, 1.165) is 41.3 Å². The number of fused-ring (bicyclic) bond motifs is 1. The van der Waals surface area contributed by atoms with Gasteiger partial charge in [-0.05, 0) is 37.4 Å². The van der Waals surface area contributed by atoms with Crippen LogP contribution in [0, 0.1) is 5.92 Å². The van der Waals surface area contributed by atoms with Crippen molar-refractivity contribution in [2.24, 2.45) is 5.92 Å². The van der Waals surface area contributed by atoms with Crippen LogP contribution in [0.1, 0.15) is 37.8 Å². The Morgan fingerprint density at radius 1 is 1.12 bits per heavy atom. The summed E-state index contributed by atoms with van der Waals surface area (Å²) >= 11 is 0.